The van der Waals surface area contributed by atoms with Gasteiger partial charge in [0.1, 0.15) is 0 Å². The number of hydrogen-bond acceptors (Lipinski definition) is 4. The number of nitrogens with two attached hydrogens (primary N) is 1. The van der Waals surface area contributed by atoms with E-state index in [9.17, 15) is 0 Å². The molecule has 0 fully saturated rings. The van der Waals surface area contributed by atoms with Crippen molar-refractivity contribution in [2.75, 3.05) is 6.54 Å². The van der Waals surface area contributed by atoms with Gasteiger partial charge in [-0.1, -0.05) is 44.2 Å². The van der Waals surface area contributed by atoms with Crippen LogP contribution in [0.1, 0.15) is 43.0 Å². The summed E-state index contributed by atoms with van der Waals surface area (Å²) in [5.41, 5.74) is 6.90. The van der Waals surface area contributed by atoms with E-state index in [0.717, 1.165) is 5.56 Å². The SMILES string of the molecule is CC(C)c1nnc(C(CN)c2ccccc2)o1. The lowest BCUT2D eigenvalue weighted by Gasteiger charge is -2.10. The maximum Gasteiger partial charge on any atom is 0.225 e. The molecule has 1 heterocycles. The summed E-state index contributed by atoms with van der Waals surface area (Å²) >= 11 is 0. The van der Waals surface area contributed by atoms with E-state index in [1.54, 1.807) is 0 Å². The molecule has 0 saturated carbocycles. The van der Waals surface area contributed by atoms with Gasteiger partial charge in [-0.15, -0.1) is 10.2 Å². The van der Waals surface area contributed by atoms with Gasteiger partial charge < -0.3 is 10.2 Å². The highest BCUT2D eigenvalue weighted by atomic mass is 16.4. The third-order valence-electron chi connectivity index (χ3n) is 2.69. The molecule has 1 unspecified atom stereocenters. The Morgan fingerprint density at radius 3 is 2.29 bits per heavy atom. The summed E-state index contributed by atoms with van der Waals surface area (Å²) < 4.78 is 5.65. The Balaban J connectivity index is 2.29. The molecule has 17 heavy (non-hydrogen) atoms. The first-order valence-corrected chi connectivity index (χ1v) is 5.80. The molecule has 0 aliphatic heterocycles. The van der Waals surface area contributed by atoms with Crippen LogP contribution in [0.5, 0.6) is 0 Å². The summed E-state index contributed by atoms with van der Waals surface area (Å²) in [6.07, 6.45) is 0. The smallest absolute Gasteiger partial charge is 0.225 e. The lowest BCUT2D eigenvalue weighted by molar-refractivity contribution is 0.418. The van der Waals surface area contributed by atoms with Crippen molar-refractivity contribution < 1.29 is 4.42 Å². The predicted octanol–water partition coefficient (Wildman–Crippen LogP) is 2.28. The Hall–Kier alpha value is -1.68. The zero-order valence-electron chi connectivity index (χ0n) is 10.1. The Kier molecular flexibility index (Phi) is 3.54. The lowest BCUT2D eigenvalue weighted by Crippen LogP contribution is -2.14. The van der Waals surface area contributed by atoms with Gasteiger partial charge in [0.25, 0.3) is 0 Å². The first kappa shape index (κ1) is 11.8. The third-order valence-corrected chi connectivity index (χ3v) is 2.69. The van der Waals surface area contributed by atoms with E-state index in [1.165, 1.54) is 0 Å². The normalized spacial score (nSPS) is 12.9. The molecule has 0 aliphatic rings. The Bertz CT molecular complexity index is 465. The second-order valence-electron chi connectivity index (χ2n) is 4.33. The van der Waals surface area contributed by atoms with Crippen molar-refractivity contribution in [3.63, 3.8) is 0 Å². The van der Waals surface area contributed by atoms with Crippen LogP contribution in [0.25, 0.3) is 0 Å². The van der Waals surface area contributed by atoms with Gasteiger partial charge in [0.15, 0.2) is 0 Å². The lowest BCUT2D eigenvalue weighted by atomic mass is 9.99. The Morgan fingerprint density at radius 2 is 1.76 bits per heavy atom. The summed E-state index contributed by atoms with van der Waals surface area (Å²) in [4.78, 5) is 0. The monoisotopic (exact) mass is 231 g/mol. The third kappa shape index (κ3) is 2.53. The molecule has 2 rings (SSSR count). The molecule has 0 aliphatic carbocycles. The van der Waals surface area contributed by atoms with Crippen LogP contribution in [-0.4, -0.2) is 16.7 Å². The van der Waals surface area contributed by atoms with E-state index in [-0.39, 0.29) is 11.8 Å². The molecule has 2 N–H and O–H groups in total. The number of hydrogen-bond donors (Lipinski definition) is 1. The predicted molar refractivity (Wildman–Crippen MR) is 65.7 cm³/mol. The van der Waals surface area contributed by atoms with E-state index in [0.29, 0.717) is 18.3 Å². The zero-order valence-corrected chi connectivity index (χ0v) is 10.1. The number of rotatable bonds is 4. The van der Waals surface area contributed by atoms with Gasteiger partial charge in [-0.05, 0) is 5.56 Å². The van der Waals surface area contributed by atoms with Crippen LogP contribution in [0.4, 0.5) is 0 Å². The molecule has 1 aromatic carbocycles. The summed E-state index contributed by atoms with van der Waals surface area (Å²) in [5.74, 6) is 1.48. The molecule has 0 bridgehead atoms. The molecule has 0 amide bonds. The van der Waals surface area contributed by atoms with Crippen molar-refractivity contribution in [1.29, 1.82) is 0 Å². The van der Waals surface area contributed by atoms with Crippen LogP contribution in [0, 0.1) is 0 Å². The summed E-state index contributed by atoms with van der Waals surface area (Å²) in [7, 11) is 0. The van der Waals surface area contributed by atoms with Crippen molar-refractivity contribution in [1.82, 2.24) is 10.2 Å². The van der Waals surface area contributed by atoms with Crippen molar-refractivity contribution in [3.8, 4) is 0 Å². The van der Waals surface area contributed by atoms with Crippen LogP contribution in [0.2, 0.25) is 0 Å². The van der Waals surface area contributed by atoms with Crippen molar-refractivity contribution in [2.24, 2.45) is 5.73 Å². The largest absolute Gasteiger partial charge is 0.424 e. The highest BCUT2D eigenvalue weighted by Crippen LogP contribution is 2.24. The molecular formula is C13H17N3O. The molecule has 4 nitrogen and oxygen atoms in total. The first-order chi connectivity index (χ1) is 8.22. The maximum atomic E-state index is 5.79. The van der Waals surface area contributed by atoms with E-state index in [1.807, 2.05) is 44.2 Å². The first-order valence-electron chi connectivity index (χ1n) is 5.80. The molecule has 1 atom stereocenters. The number of nitrogens with zero attached hydrogens (tertiary/aromatic N) is 2. The number of aromatic nitrogens is 2. The van der Waals surface area contributed by atoms with Gasteiger partial charge in [0.2, 0.25) is 11.8 Å². The fourth-order valence-corrected chi connectivity index (χ4v) is 1.69. The standard InChI is InChI=1S/C13H17N3O/c1-9(2)12-15-16-13(17-12)11(8-14)10-6-4-3-5-7-10/h3-7,9,11H,8,14H2,1-2H3. The molecule has 0 saturated heterocycles. The second-order valence-corrected chi connectivity index (χ2v) is 4.33. The highest BCUT2D eigenvalue weighted by molar-refractivity contribution is 5.24. The minimum atomic E-state index is -0.0174. The van der Waals surface area contributed by atoms with Gasteiger partial charge in [0.05, 0.1) is 5.92 Å². The minimum absolute atomic E-state index is 0.0174. The van der Waals surface area contributed by atoms with Crippen molar-refractivity contribution >= 4 is 0 Å². The van der Waals surface area contributed by atoms with Crippen molar-refractivity contribution in [3.05, 3.63) is 47.7 Å². The van der Waals surface area contributed by atoms with Crippen LogP contribution >= 0.6 is 0 Å². The van der Waals surface area contributed by atoms with E-state index < -0.39 is 0 Å². The fourth-order valence-electron chi connectivity index (χ4n) is 1.69. The Labute approximate surface area is 101 Å². The van der Waals surface area contributed by atoms with Gasteiger partial charge in [-0.2, -0.15) is 0 Å². The van der Waals surface area contributed by atoms with Crippen LogP contribution in [0.15, 0.2) is 34.7 Å². The molecular weight excluding hydrogens is 214 g/mol. The quantitative estimate of drug-likeness (QED) is 0.876. The van der Waals surface area contributed by atoms with Gasteiger partial charge in [-0.3, -0.25) is 0 Å². The van der Waals surface area contributed by atoms with E-state index >= 15 is 0 Å². The molecule has 4 heteroatoms. The van der Waals surface area contributed by atoms with Gasteiger partial charge in [0, 0.05) is 12.5 Å². The van der Waals surface area contributed by atoms with Crippen LogP contribution < -0.4 is 5.73 Å². The number of benzene rings is 1. The van der Waals surface area contributed by atoms with Gasteiger partial charge >= 0.3 is 0 Å². The highest BCUT2D eigenvalue weighted by Gasteiger charge is 2.19. The average molecular weight is 231 g/mol. The molecule has 1 aromatic heterocycles. The molecule has 0 radical (unpaired) electrons. The maximum absolute atomic E-state index is 5.79. The summed E-state index contributed by atoms with van der Waals surface area (Å²) in [6, 6.07) is 9.99. The molecule has 2 aromatic rings. The topological polar surface area (TPSA) is 64.9 Å². The van der Waals surface area contributed by atoms with E-state index in [2.05, 4.69) is 10.2 Å². The van der Waals surface area contributed by atoms with Crippen LogP contribution in [0.3, 0.4) is 0 Å². The van der Waals surface area contributed by atoms with E-state index in [4.69, 9.17) is 10.2 Å². The zero-order chi connectivity index (χ0) is 12.3. The Morgan fingerprint density at radius 1 is 1.12 bits per heavy atom. The average Bonchev–Trinajstić information content (AvgIpc) is 2.81. The second kappa shape index (κ2) is 5.10. The van der Waals surface area contributed by atoms with Crippen molar-refractivity contribution in [2.45, 2.75) is 25.7 Å². The fraction of sp³-hybridized carbons (Fsp3) is 0.385. The molecule has 90 valence electrons. The van der Waals surface area contributed by atoms with Gasteiger partial charge in [-0.25, -0.2) is 0 Å². The summed E-state index contributed by atoms with van der Waals surface area (Å²) in [5, 5.41) is 8.13. The minimum Gasteiger partial charge on any atom is -0.424 e. The molecule has 0 spiro atoms. The van der Waals surface area contributed by atoms with Crippen LogP contribution in [-0.2, 0) is 0 Å². The summed E-state index contributed by atoms with van der Waals surface area (Å²) in [6.45, 7) is 4.51.